The Morgan fingerprint density at radius 2 is 2.26 bits per heavy atom. The number of hydrogen-bond donors (Lipinski definition) is 1. The third kappa shape index (κ3) is 2.82. The van der Waals surface area contributed by atoms with Gasteiger partial charge in [0.2, 0.25) is 0 Å². The van der Waals surface area contributed by atoms with E-state index >= 15 is 0 Å². The van der Waals surface area contributed by atoms with Crippen molar-refractivity contribution in [2.24, 2.45) is 0 Å². The van der Waals surface area contributed by atoms with Gasteiger partial charge >= 0.3 is 0 Å². The van der Waals surface area contributed by atoms with E-state index in [4.69, 9.17) is 0 Å². The van der Waals surface area contributed by atoms with Crippen LogP contribution in [0, 0.1) is 17.0 Å². The number of halogens is 1. The minimum atomic E-state index is -0.396. The number of nitro groups is 1. The zero-order valence-electron chi connectivity index (χ0n) is 10.6. The highest BCUT2D eigenvalue weighted by Gasteiger charge is 2.20. The standard InChI is InChI=1S/C12H13BrN4O2/c1-8-5-10(13)12(11(6-8)17(18)19)16-4-3-9(15-16)7-14-2/h3-6,14H,7H2,1-2H3. The van der Waals surface area contributed by atoms with Crippen LogP contribution in [-0.4, -0.2) is 21.8 Å². The molecule has 0 atom stereocenters. The summed E-state index contributed by atoms with van der Waals surface area (Å²) in [5, 5.41) is 18.5. The number of rotatable bonds is 4. The molecule has 0 spiro atoms. The predicted octanol–water partition coefficient (Wildman–Crippen LogP) is 2.57. The Labute approximate surface area is 118 Å². The molecule has 7 heteroatoms. The summed E-state index contributed by atoms with van der Waals surface area (Å²) >= 11 is 3.37. The van der Waals surface area contributed by atoms with Gasteiger partial charge < -0.3 is 5.32 Å². The van der Waals surface area contributed by atoms with Crippen LogP contribution in [0.1, 0.15) is 11.3 Å². The molecule has 0 bridgehead atoms. The Bertz CT molecular complexity index is 624. The fourth-order valence-electron chi connectivity index (χ4n) is 1.84. The van der Waals surface area contributed by atoms with Gasteiger partial charge in [-0.05, 0) is 47.6 Å². The number of aryl methyl sites for hydroxylation is 1. The lowest BCUT2D eigenvalue weighted by Gasteiger charge is -2.07. The van der Waals surface area contributed by atoms with Gasteiger partial charge in [-0.3, -0.25) is 10.1 Å². The molecule has 0 aliphatic heterocycles. The van der Waals surface area contributed by atoms with Crippen molar-refractivity contribution in [3.63, 3.8) is 0 Å². The van der Waals surface area contributed by atoms with E-state index in [9.17, 15) is 10.1 Å². The van der Waals surface area contributed by atoms with Crippen LogP contribution in [0.3, 0.4) is 0 Å². The molecule has 0 aliphatic carbocycles. The second-order valence-corrected chi connectivity index (χ2v) is 5.01. The van der Waals surface area contributed by atoms with E-state index in [-0.39, 0.29) is 5.69 Å². The van der Waals surface area contributed by atoms with Crippen LogP contribution >= 0.6 is 15.9 Å². The van der Waals surface area contributed by atoms with Gasteiger partial charge in [0.05, 0.1) is 15.1 Å². The van der Waals surface area contributed by atoms with Gasteiger partial charge in [0.15, 0.2) is 5.69 Å². The third-order valence-electron chi connectivity index (χ3n) is 2.62. The van der Waals surface area contributed by atoms with Gasteiger partial charge in [0.1, 0.15) is 0 Å². The molecule has 1 aromatic heterocycles. The Morgan fingerprint density at radius 3 is 2.89 bits per heavy atom. The minimum absolute atomic E-state index is 0.0333. The van der Waals surface area contributed by atoms with Crippen molar-refractivity contribution in [3.8, 4) is 5.69 Å². The summed E-state index contributed by atoms with van der Waals surface area (Å²) in [6.45, 7) is 2.43. The average Bonchev–Trinajstić information content (AvgIpc) is 2.76. The highest BCUT2D eigenvalue weighted by molar-refractivity contribution is 9.10. The van der Waals surface area contributed by atoms with Crippen molar-refractivity contribution in [1.82, 2.24) is 15.1 Å². The summed E-state index contributed by atoms with van der Waals surface area (Å²) in [5.74, 6) is 0. The normalized spacial score (nSPS) is 10.7. The number of nitrogens with one attached hydrogen (secondary N) is 1. The highest BCUT2D eigenvalue weighted by atomic mass is 79.9. The van der Waals surface area contributed by atoms with E-state index in [2.05, 4.69) is 26.3 Å². The van der Waals surface area contributed by atoms with Crippen molar-refractivity contribution >= 4 is 21.6 Å². The van der Waals surface area contributed by atoms with Gasteiger partial charge in [-0.2, -0.15) is 5.10 Å². The van der Waals surface area contributed by atoms with Crippen molar-refractivity contribution in [3.05, 3.63) is 50.2 Å². The lowest BCUT2D eigenvalue weighted by atomic mass is 10.2. The topological polar surface area (TPSA) is 73.0 Å². The monoisotopic (exact) mass is 324 g/mol. The van der Waals surface area contributed by atoms with E-state index in [0.29, 0.717) is 16.7 Å². The molecule has 2 rings (SSSR count). The number of aromatic nitrogens is 2. The molecule has 0 unspecified atom stereocenters. The van der Waals surface area contributed by atoms with Gasteiger partial charge in [0.25, 0.3) is 5.69 Å². The molecule has 0 fully saturated rings. The molecule has 1 aromatic carbocycles. The fraction of sp³-hybridized carbons (Fsp3) is 0.250. The zero-order valence-corrected chi connectivity index (χ0v) is 12.1. The fourth-order valence-corrected chi connectivity index (χ4v) is 2.59. The van der Waals surface area contributed by atoms with Crippen molar-refractivity contribution < 1.29 is 4.92 Å². The molecular formula is C12H13BrN4O2. The van der Waals surface area contributed by atoms with E-state index in [1.54, 1.807) is 12.3 Å². The number of hydrogen-bond acceptors (Lipinski definition) is 4. The Balaban J connectivity index is 2.56. The summed E-state index contributed by atoms with van der Waals surface area (Å²) in [5.41, 5.74) is 2.12. The second kappa shape index (κ2) is 5.50. The number of nitro benzene ring substituents is 1. The summed E-state index contributed by atoms with van der Waals surface area (Å²) in [6, 6.07) is 5.20. The van der Waals surface area contributed by atoms with E-state index in [1.807, 2.05) is 26.1 Å². The predicted molar refractivity (Wildman–Crippen MR) is 75.4 cm³/mol. The first kappa shape index (κ1) is 13.7. The molecule has 1 N–H and O–H groups in total. The molecule has 100 valence electrons. The van der Waals surface area contributed by atoms with E-state index < -0.39 is 4.92 Å². The molecule has 0 saturated heterocycles. The average molecular weight is 325 g/mol. The Morgan fingerprint density at radius 1 is 1.53 bits per heavy atom. The first-order chi connectivity index (χ1) is 9.02. The lowest BCUT2D eigenvalue weighted by Crippen LogP contribution is -2.07. The molecule has 0 saturated carbocycles. The van der Waals surface area contributed by atoms with Crippen LogP contribution < -0.4 is 5.32 Å². The van der Waals surface area contributed by atoms with Crippen molar-refractivity contribution in [2.75, 3.05) is 7.05 Å². The first-order valence-electron chi connectivity index (χ1n) is 5.67. The van der Waals surface area contributed by atoms with E-state index in [0.717, 1.165) is 11.3 Å². The zero-order chi connectivity index (χ0) is 14.0. The molecule has 6 nitrogen and oxygen atoms in total. The molecular weight excluding hydrogens is 312 g/mol. The van der Waals surface area contributed by atoms with Gasteiger partial charge in [-0.1, -0.05) is 0 Å². The maximum Gasteiger partial charge on any atom is 0.296 e. The Hall–Kier alpha value is -1.73. The maximum atomic E-state index is 11.2. The Kier molecular flexibility index (Phi) is 3.96. The van der Waals surface area contributed by atoms with Crippen LogP contribution in [0.2, 0.25) is 0 Å². The quantitative estimate of drug-likeness (QED) is 0.693. The van der Waals surface area contributed by atoms with E-state index in [1.165, 1.54) is 4.68 Å². The molecule has 0 aliphatic rings. The first-order valence-corrected chi connectivity index (χ1v) is 6.46. The van der Waals surface area contributed by atoms with Gasteiger partial charge in [0, 0.05) is 18.8 Å². The molecule has 0 radical (unpaired) electrons. The number of benzene rings is 1. The van der Waals surface area contributed by atoms with Crippen LogP contribution in [0.4, 0.5) is 5.69 Å². The SMILES string of the molecule is CNCc1ccn(-c2c(Br)cc(C)cc2[N+](=O)[O-])n1. The molecule has 19 heavy (non-hydrogen) atoms. The smallest absolute Gasteiger partial charge is 0.296 e. The number of nitrogens with zero attached hydrogens (tertiary/aromatic N) is 3. The summed E-state index contributed by atoms with van der Waals surface area (Å²) in [6.07, 6.45) is 1.72. The van der Waals surface area contributed by atoms with Crippen LogP contribution in [0.15, 0.2) is 28.9 Å². The van der Waals surface area contributed by atoms with Crippen LogP contribution in [0.25, 0.3) is 5.69 Å². The molecule has 1 heterocycles. The molecule has 0 amide bonds. The highest BCUT2D eigenvalue weighted by Crippen LogP contribution is 2.31. The maximum absolute atomic E-state index is 11.2. The van der Waals surface area contributed by atoms with Gasteiger partial charge in [-0.25, -0.2) is 4.68 Å². The van der Waals surface area contributed by atoms with Gasteiger partial charge in [-0.15, -0.1) is 0 Å². The largest absolute Gasteiger partial charge is 0.314 e. The van der Waals surface area contributed by atoms with Crippen molar-refractivity contribution in [2.45, 2.75) is 13.5 Å². The van der Waals surface area contributed by atoms with Crippen LogP contribution in [-0.2, 0) is 6.54 Å². The van der Waals surface area contributed by atoms with Crippen LogP contribution in [0.5, 0.6) is 0 Å². The molecule has 2 aromatic rings. The lowest BCUT2D eigenvalue weighted by molar-refractivity contribution is -0.384. The minimum Gasteiger partial charge on any atom is -0.314 e. The summed E-state index contributed by atoms with van der Waals surface area (Å²) < 4.78 is 2.17. The third-order valence-corrected chi connectivity index (χ3v) is 3.22. The summed E-state index contributed by atoms with van der Waals surface area (Å²) in [7, 11) is 1.82. The van der Waals surface area contributed by atoms with Crippen molar-refractivity contribution in [1.29, 1.82) is 0 Å². The summed E-state index contributed by atoms with van der Waals surface area (Å²) in [4.78, 5) is 10.8. The second-order valence-electron chi connectivity index (χ2n) is 4.15.